The average molecular weight is 84.1 g/mol. The Labute approximate surface area is 36.2 Å². The van der Waals surface area contributed by atoms with Gasteiger partial charge in [-0.25, -0.2) is 0 Å². The molecule has 0 heterocycles. The van der Waals surface area contributed by atoms with Gasteiger partial charge in [-0.05, 0) is 0 Å². The van der Waals surface area contributed by atoms with E-state index in [0.717, 1.165) is 0 Å². The lowest BCUT2D eigenvalue weighted by Crippen LogP contribution is -1.75. The lowest BCUT2D eigenvalue weighted by molar-refractivity contribution is -0.109. The Balaban J connectivity index is 2.66. The molecule has 32 valence electrons. The zero-order chi connectivity index (χ0) is 4.83. The van der Waals surface area contributed by atoms with Gasteiger partial charge in [0.15, 0.2) is 0 Å². The van der Waals surface area contributed by atoms with Crippen LogP contribution in [0.3, 0.4) is 0 Å². The van der Waals surface area contributed by atoms with E-state index in [0.29, 0.717) is 12.6 Å². The normalized spacial score (nSPS) is 7.33. The Morgan fingerprint density at radius 3 is 2.33 bits per heavy atom. The van der Waals surface area contributed by atoms with Gasteiger partial charge < -0.3 is 9.59 Å². The number of unbranched alkanes of at least 4 members (excludes halogenated alkanes) is 1. The van der Waals surface area contributed by atoms with E-state index in [9.17, 15) is 9.59 Å². The van der Waals surface area contributed by atoms with Gasteiger partial charge in [-0.3, -0.25) is 0 Å². The SMILES string of the molecule is O=C[C]CC=O. The summed E-state index contributed by atoms with van der Waals surface area (Å²) < 4.78 is 0. The minimum atomic E-state index is 0.115. The minimum absolute atomic E-state index is 0.115. The molecule has 0 aromatic heterocycles. The smallest absolute Gasteiger partial charge is 0.128 e. The Morgan fingerprint density at radius 1 is 1.50 bits per heavy atom. The fourth-order valence-corrected chi connectivity index (χ4v) is 0.0962. The van der Waals surface area contributed by atoms with Crippen LogP contribution in [-0.4, -0.2) is 12.6 Å². The molecule has 2 nitrogen and oxygen atoms in total. The van der Waals surface area contributed by atoms with Crippen LogP contribution in [-0.2, 0) is 9.59 Å². The standard InChI is InChI=1S/C4H4O2/c5-3-1-2-4-6/h3-4H,1H2. The number of hydrogen-bond donors (Lipinski definition) is 0. The van der Waals surface area contributed by atoms with Crippen LogP contribution in [0.5, 0.6) is 0 Å². The maximum absolute atomic E-state index is 9.34. The average Bonchev–Trinajstić information content (AvgIpc) is 1.61. The van der Waals surface area contributed by atoms with Gasteiger partial charge in [0.2, 0.25) is 0 Å². The molecule has 0 saturated carbocycles. The first-order valence-electron chi connectivity index (χ1n) is 1.52. The van der Waals surface area contributed by atoms with E-state index >= 15 is 0 Å². The molecule has 0 N–H and O–H groups in total. The molecular weight excluding hydrogens is 80.0 g/mol. The Kier molecular flexibility index (Phi) is 3.86. The van der Waals surface area contributed by atoms with Crippen LogP contribution < -0.4 is 0 Å². The highest BCUT2D eigenvalue weighted by atomic mass is 16.1. The van der Waals surface area contributed by atoms with Crippen LogP contribution in [0.2, 0.25) is 0 Å². The summed E-state index contributed by atoms with van der Waals surface area (Å²) >= 11 is 0. The van der Waals surface area contributed by atoms with E-state index in [1.807, 2.05) is 0 Å². The molecule has 0 atom stereocenters. The molecular formula is C4H4O2. The van der Waals surface area contributed by atoms with Crippen molar-refractivity contribution in [2.24, 2.45) is 0 Å². The van der Waals surface area contributed by atoms with Crippen molar-refractivity contribution in [3.8, 4) is 0 Å². The van der Waals surface area contributed by atoms with Crippen LogP contribution >= 0.6 is 0 Å². The van der Waals surface area contributed by atoms with E-state index < -0.39 is 0 Å². The van der Waals surface area contributed by atoms with Crippen molar-refractivity contribution in [1.82, 2.24) is 0 Å². The van der Waals surface area contributed by atoms with E-state index in [-0.39, 0.29) is 6.42 Å². The fraction of sp³-hybridized carbons (Fsp3) is 0.250. The van der Waals surface area contributed by atoms with Crippen LogP contribution in [0.1, 0.15) is 6.42 Å². The topological polar surface area (TPSA) is 34.1 Å². The van der Waals surface area contributed by atoms with Gasteiger partial charge in [-0.15, -0.1) is 0 Å². The number of carbonyl (C=O) groups is 2. The summed E-state index contributed by atoms with van der Waals surface area (Å²) in [6, 6.07) is 0. The zero-order valence-corrected chi connectivity index (χ0v) is 3.18. The quantitative estimate of drug-likeness (QED) is 0.352. The second kappa shape index (κ2) is 4.34. The molecule has 0 fully saturated rings. The maximum Gasteiger partial charge on any atom is 0.128 e. The lowest BCUT2D eigenvalue weighted by Gasteiger charge is -1.66. The van der Waals surface area contributed by atoms with E-state index in [1.54, 1.807) is 0 Å². The maximum atomic E-state index is 9.34. The van der Waals surface area contributed by atoms with Crippen molar-refractivity contribution in [3.63, 3.8) is 0 Å². The van der Waals surface area contributed by atoms with Crippen molar-refractivity contribution >= 4 is 12.6 Å². The summed E-state index contributed by atoms with van der Waals surface area (Å²) in [5.41, 5.74) is 0. The molecule has 0 saturated heterocycles. The molecule has 2 heteroatoms. The first kappa shape index (κ1) is 5.34. The largest absolute Gasteiger partial charge is 0.303 e. The second-order valence-electron chi connectivity index (χ2n) is 0.693. The van der Waals surface area contributed by atoms with E-state index in [2.05, 4.69) is 6.42 Å². The van der Waals surface area contributed by atoms with Crippen LogP contribution in [0.25, 0.3) is 0 Å². The first-order valence-corrected chi connectivity index (χ1v) is 1.52. The number of carbonyl (C=O) groups excluding carboxylic acids is 2. The Bertz CT molecular complexity index is 41.5. The Morgan fingerprint density at radius 2 is 2.17 bits per heavy atom. The second-order valence-corrected chi connectivity index (χ2v) is 0.693. The van der Waals surface area contributed by atoms with Gasteiger partial charge in [-0.2, -0.15) is 0 Å². The summed E-state index contributed by atoms with van der Waals surface area (Å²) in [6.07, 6.45) is 3.36. The number of rotatable bonds is 3. The molecule has 0 unspecified atom stereocenters. The highest BCUT2D eigenvalue weighted by molar-refractivity contribution is 5.67. The fourth-order valence-electron chi connectivity index (χ4n) is 0.0962. The van der Waals surface area contributed by atoms with Gasteiger partial charge in [-0.1, -0.05) is 0 Å². The molecule has 0 aromatic carbocycles. The highest BCUT2D eigenvalue weighted by Gasteiger charge is 1.76. The van der Waals surface area contributed by atoms with Crippen LogP contribution in [0, 0.1) is 6.42 Å². The van der Waals surface area contributed by atoms with Crippen LogP contribution in [0.4, 0.5) is 0 Å². The van der Waals surface area contributed by atoms with Crippen LogP contribution in [0.15, 0.2) is 0 Å². The van der Waals surface area contributed by atoms with Crippen molar-refractivity contribution in [3.05, 3.63) is 6.42 Å². The van der Waals surface area contributed by atoms with E-state index in [1.165, 1.54) is 0 Å². The monoisotopic (exact) mass is 84.0 g/mol. The van der Waals surface area contributed by atoms with Crippen molar-refractivity contribution < 1.29 is 9.59 Å². The Hall–Kier alpha value is -0.660. The molecule has 2 radical (unpaired) electrons. The lowest BCUT2D eigenvalue weighted by atomic mass is 10.4. The van der Waals surface area contributed by atoms with Gasteiger partial charge in [0.05, 0.1) is 6.42 Å². The molecule has 6 heavy (non-hydrogen) atoms. The first-order chi connectivity index (χ1) is 2.91. The summed E-state index contributed by atoms with van der Waals surface area (Å²) in [6.45, 7) is 0. The molecule has 0 spiro atoms. The molecule has 0 aliphatic heterocycles. The molecule has 0 rings (SSSR count). The minimum Gasteiger partial charge on any atom is -0.303 e. The summed E-state index contributed by atoms with van der Waals surface area (Å²) in [5, 5.41) is 0. The van der Waals surface area contributed by atoms with Gasteiger partial charge >= 0.3 is 0 Å². The predicted octanol–water partition coefficient (Wildman–Crippen LogP) is -0.144. The number of aldehydes is 2. The van der Waals surface area contributed by atoms with Crippen molar-refractivity contribution in [2.75, 3.05) is 0 Å². The molecule has 0 amide bonds. The summed E-state index contributed by atoms with van der Waals surface area (Å²) in [7, 11) is 0. The van der Waals surface area contributed by atoms with Gasteiger partial charge in [0, 0.05) is 6.42 Å². The highest BCUT2D eigenvalue weighted by Crippen LogP contribution is 1.70. The third-order valence-corrected chi connectivity index (χ3v) is 0.285. The summed E-state index contributed by atoms with van der Waals surface area (Å²) in [5.74, 6) is 0. The van der Waals surface area contributed by atoms with Gasteiger partial charge in [0.1, 0.15) is 12.6 Å². The predicted molar refractivity (Wildman–Crippen MR) is 20.0 cm³/mol. The van der Waals surface area contributed by atoms with Crippen molar-refractivity contribution in [1.29, 1.82) is 0 Å². The summed E-state index contributed by atoms with van der Waals surface area (Å²) in [4.78, 5) is 18.6. The third-order valence-electron chi connectivity index (χ3n) is 0.285. The molecule has 0 bridgehead atoms. The molecule has 0 aromatic rings. The van der Waals surface area contributed by atoms with Gasteiger partial charge in [0.25, 0.3) is 0 Å². The zero-order valence-electron chi connectivity index (χ0n) is 3.18. The third kappa shape index (κ3) is 3.34. The van der Waals surface area contributed by atoms with Crippen molar-refractivity contribution in [2.45, 2.75) is 6.42 Å². The molecule has 0 aliphatic rings. The molecule has 0 aliphatic carbocycles. The van der Waals surface area contributed by atoms with E-state index in [4.69, 9.17) is 0 Å². The number of hydrogen-bond acceptors (Lipinski definition) is 2.